The highest BCUT2D eigenvalue weighted by Crippen LogP contribution is 2.29. The van der Waals surface area contributed by atoms with Crippen LogP contribution >= 0.6 is 12.4 Å². The number of hydrogen-bond acceptors (Lipinski definition) is 1. The number of benzene rings is 1. The molecule has 0 aromatic heterocycles. The monoisotopic (exact) mass is 323 g/mol. The third-order valence-electron chi connectivity index (χ3n) is 2.11. The number of guanidine groups is 2. The minimum atomic E-state index is -4.37. The molecule has 0 aliphatic rings. The number of rotatable bonds is 2. The van der Waals surface area contributed by atoms with E-state index in [-0.39, 0.29) is 30.4 Å². The third-order valence-corrected chi connectivity index (χ3v) is 2.11. The molecule has 1 aromatic rings. The van der Waals surface area contributed by atoms with Gasteiger partial charge in [0.05, 0.1) is 5.56 Å². The van der Waals surface area contributed by atoms with Crippen LogP contribution in [0.25, 0.3) is 0 Å². The Morgan fingerprint density at radius 3 is 2.10 bits per heavy atom. The van der Waals surface area contributed by atoms with Crippen molar-refractivity contribution in [2.45, 2.75) is 26.1 Å². The van der Waals surface area contributed by atoms with Crippen molar-refractivity contribution in [2.75, 3.05) is 5.32 Å². The Hall–Kier alpha value is -1.96. The molecule has 0 saturated carbocycles. The zero-order valence-corrected chi connectivity index (χ0v) is 12.3. The van der Waals surface area contributed by atoms with Gasteiger partial charge in [0.25, 0.3) is 0 Å². The van der Waals surface area contributed by atoms with E-state index in [4.69, 9.17) is 11.5 Å². The Morgan fingerprint density at radius 1 is 1.14 bits per heavy atom. The standard InChI is InChI=1S/C12H16F3N5.ClH/c1-7(2)18-10(16)20-11(17)19-9-5-3-8(4-6-9)12(13,14)15;/h3-7H,1-2H3,(H5,16,17,18,19,20);1H. The fraction of sp³-hybridized carbons (Fsp3) is 0.333. The number of alkyl halides is 3. The Bertz CT molecular complexity index is 509. The Labute approximate surface area is 126 Å². The molecule has 0 unspecified atom stereocenters. The first-order valence-electron chi connectivity index (χ1n) is 5.80. The molecule has 0 saturated heterocycles. The molecule has 9 heteroatoms. The molecule has 0 atom stereocenters. The molecule has 0 heterocycles. The average Bonchev–Trinajstić information content (AvgIpc) is 2.26. The average molecular weight is 324 g/mol. The molecule has 0 radical (unpaired) electrons. The molecule has 5 nitrogen and oxygen atoms in total. The maximum absolute atomic E-state index is 12.4. The first-order valence-corrected chi connectivity index (χ1v) is 5.80. The van der Waals surface area contributed by atoms with Crippen molar-refractivity contribution < 1.29 is 13.2 Å². The van der Waals surface area contributed by atoms with Crippen molar-refractivity contribution in [2.24, 2.45) is 21.5 Å². The second-order valence-corrected chi connectivity index (χ2v) is 4.28. The molecule has 1 aromatic carbocycles. The van der Waals surface area contributed by atoms with Crippen molar-refractivity contribution >= 4 is 30.0 Å². The normalized spacial score (nSPS) is 13.0. The van der Waals surface area contributed by atoms with Crippen LogP contribution in [0.4, 0.5) is 18.9 Å². The summed E-state index contributed by atoms with van der Waals surface area (Å²) in [5.41, 5.74) is 10.7. The Kier molecular flexibility index (Phi) is 7.00. The first-order chi connectivity index (χ1) is 9.18. The minimum absolute atomic E-state index is 0. The zero-order valence-electron chi connectivity index (χ0n) is 11.5. The first kappa shape index (κ1) is 19.0. The summed E-state index contributed by atoms with van der Waals surface area (Å²) < 4.78 is 37.1. The smallest absolute Gasteiger partial charge is 0.369 e. The van der Waals surface area contributed by atoms with Gasteiger partial charge in [-0.15, -0.1) is 12.4 Å². The van der Waals surface area contributed by atoms with Crippen LogP contribution in [0.3, 0.4) is 0 Å². The predicted molar refractivity (Wildman–Crippen MR) is 80.7 cm³/mol. The van der Waals surface area contributed by atoms with Gasteiger partial charge in [0, 0.05) is 11.7 Å². The van der Waals surface area contributed by atoms with Crippen LogP contribution in [-0.4, -0.2) is 18.0 Å². The zero-order chi connectivity index (χ0) is 15.3. The summed E-state index contributed by atoms with van der Waals surface area (Å²) in [5.74, 6) is -0.0522. The lowest BCUT2D eigenvalue weighted by atomic mass is 10.2. The van der Waals surface area contributed by atoms with Crippen molar-refractivity contribution in [3.8, 4) is 0 Å². The number of hydrogen-bond donors (Lipinski definition) is 3. The van der Waals surface area contributed by atoms with Gasteiger partial charge in [0.15, 0.2) is 0 Å². The molecule has 0 fully saturated rings. The summed E-state index contributed by atoms with van der Waals surface area (Å²) in [6, 6.07) is 4.36. The Morgan fingerprint density at radius 2 is 1.67 bits per heavy atom. The number of halogens is 4. The molecule has 0 amide bonds. The summed E-state index contributed by atoms with van der Waals surface area (Å²) in [6.07, 6.45) is -4.37. The van der Waals surface area contributed by atoms with Gasteiger partial charge in [-0.25, -0.2) is 4.99 Å². The van der Waals surface area contributed by atoms with Gasteiger partial charge in [0.1, 0.15) is 0 Å². The molecule has 0 aliphatic heterocycles. The summed E-state index contributed by atoms with van der Waals surface area (Å²) in [6.45, 7) is 3.64. The third kappa shape index (κ3) is 6.84. The van der Waals surface area contributed by atoms with Crippen LogP contribution in [0.2, 0.25) is 0 Å². The molecular weight excluding hydrogens is 307 g/mol. The molecule has 0 bridgehead atoms. The molecule has 0 spiro atoms. The van der Waals surface area contributed by atoms with Crippen molar-refractivity contribution in [1.29, 1.82) is 0 Å². The van der Waals surface area contributed by atoms with Crippen molar-refractivity contribution in [3.05, 3.63) is 29.8 Å². The quantitative estimate of drug-likeness (QED) is 0.577. The fourth-order valence-electron chi connectivity index (χ4n) is 1.34. The second kappa shape index (κ2) is 7.72. The lowest BCUT2D eigenvalue weighted by molar-refractivity contribution is -0.137. The van der Waals surface area contributed by atoms with Gasteiger partial charge in [0.2, 0.25) is 11.9 Å². The van der Waals surface area contributed by atoms with E-state index < -0.39 is 11.7 Å². The van der Waals surface area contributed by atoms with Crippen molar-refractivity contribution in [3.63, 3.8) is 0 Å². The summed E-state index contributed by atoms with van der Waals surface area (Å²) in [5, 5.41) is 2.62. The second-order valence-electron chi connectivity index (χ2n) is 4.28. The topological polar surface area (TPSA) is 88.8 Å². The van der Waals surface area contributed by atoms with Crippen LogP contribution in [0.1, 0.15) is 19.4 Å². The fourth-order valence-corrected chi connectivity index (χ4v) is 1.34. The van der Waals surface area contributed by atoms with E-state index in [0.717, 1.165) is 12.1 Å². The number of aliphatic imine (C=N–C) groups is 2. The predicted octanol–water partition coefficient (Wildman–Crippen LogP) is 2.58. The van der Waals surface area contributed by atoms with Gasteiger partial charge < -0.3 is 16.8 Å². The molecule has 5 N–H and O–H groups in total. The van der Waals surface area contributed by atoms with Crippen LogP contribution < -0.4 is 16.8 Å². The van der Waals surface area contributed by atoms with Gasteiger partial charge in [-0.2, -0.15) is 18.2 Å². The van der Waals surface area contributed by atoms with Gasteiger partial charge in [-0.05, 0) is 38.1 Å². The number of nitrogens with zero attached hydrogens (tertiary/aromatic N) is 2. The van der Waals surface area contributed by atoms with E-state index in [1.807, 2.05) is 13.8 Å². The van der Waals surface area contributed by atoms with Crippen LogP contribution in [0.15, 0.2) is 34.3 Å². The number of nitrogens with one attached hydrogen (secondary N) is 1. The Balaban J connectivity index is 0.00000400. The molecule has 0 aliphatic carbocycles. The van der Waals surface area contributed by atoms with E-state index in [2.05, 4.69) is 15.3 Å². The van der Waals surface area contributed by atoms with E-state index >= 15 is 0 Å². The highest BCUT2D eigenvalue weighted by atomic mass is 35.5. The van der Waals surface area contributed by atoms with E-state index in [9.17, 15) is 13.2 Å². The molecule has 118 valence electrons. The summed E-state index contributed by atoms with van der Waals surface area (Å²) >= 11 is 0. The highest BCUT2D eigenvalue weighted by Gasteiger charge is 2.29. The summed E-state index contributed by atoms with van der Waals surface area (Å²) in [7, 11) is 0. The number of anilines is 1. The number of nitrogens with two attached hydrogens (primary N) is 2. The minimum Gasteiger partial charge on any atom is -0.369 e. The van der Waals surface area contributed by atoms with Gasteiger partial charge in [-0.1, -0.05) is 0 Å². The van der Waals surface area contributed by atoms with Crippen LogP contribution in [0, 0.1) is 0 Å². The van der Waals surface area contributed by atoms with Gasteiger partial charge >= 0.3 is 6.18 Å². The van der Waals surface area contributed by atoms with Crippen LogP contribution in [-0.2, 0) is 6.18 Å². The maximum Gasteiger partial charge on any atom is 0.416 e. The molecular formula is C12H17ClF3N5. The summed E-state index contributed by atoms with van der Waals surface area (Å²) in [4.78, 5) is 7.72. The van der Waals surface area contributed by atoms with E-state index in [0.29, 0.717) is 5.69 Å². The van der Waals surface area contributed by atoms with Gasteiger partial charge in [-0.3, -0.25) is 0 Å². The molecule has 21 heavy (non-hydrogen) atoms. The van der Waals surface area contributed by atoms with Crippen molar-refractivity contribution in [1.82, 2.24) is 0 Å². The van der Waals surface area contributed by atoms with E-state index in [1.165, 1.54) is 12.1 Å². The lowest BCUT2D eigenvalue weighted by Crippen LogP contribution is -2.26. The largest absolute Gasteiger partial charge is 0.416 e. The van der Waals surface area contributed by atoms with Crippen LogP contribution in [0.5, 0.6) is 0 Å². The lowest BCUT2D eigenvalue weighted by Gasteiger charge is -2.09. The highest BCUT2D eigenvalue weighted by molar-refractivity contribution is 6.00. The maximum atomic E-state index is 12.4. The SMILES string of the molecule is CC(C)N=C(N)N=C(N)Nc1ccc(C(F)(F)F)cc1.Cl. The van der Waals surface area contributed by atoms with E-state index in [1.54, 1.807) is 0 Å². The molecule has 1 rings (SSSR count).